The van der Waals surface area contributed by atoms with Gasteiger partial charge in [-0.25, -0.2) is 0 Å². The Balaban J connectivity index is 1.16. The molecule has 4 aliphatic heterocycles. The van der Waals surface area contributed by atoms with Gasteiger partial charge >= 0.3 is 0 Å². The third kappa shape index (κ3) is 6.18. The van der Waals surface area contributed by atoms with E-state index >= 15 is 0 Å². The largest absolute Gasteiger partial charge is 0.432 e. The number of ether oxygens (including phenoxy) is 1. The summed E-state index contributed by atoms with van der Waals surface area (Å²) in [5.74, 6) is -0.954. The molecule has 2 fully saturated rings. The number of anilines is 2. The van der Waals surface area contributed by atoms with Gasteiger partial charge in [-0.3, -0.25) is 14.4 Å². The van der Waals surface area contributed by atoms with E-state index in [2.05, 4.69) is 10.6 Å². The summed E-state index contributed by atoms with van der Waals surface area (Å²) in [6.45, 7) is 6.91. The first-order valence-corrected chi connectivity index (χ1v) is 20.9. The van der Waals surface area contributed by atoms with Crippen LogP contribution in [0.25, 0.3) is 0 Å². The van der Waals surface area contributed by atoms with Gasteiger partial charge in [0.05, 0.1) is 43.4 Å². The number of halogens is 1. The van der Waals surface area contributed by atoms with Crippen LogP contribution in [0.15, 0.2) is 66.7 Å². The summed E-state index contributed by atoms with van der Waals surface area (Å²) < 4.78 is 6.90. The quantitative estimate of drug-likeness (QED) is 0.249. The second kappa shape index (κ2) is 13.5. The molecule has 0 bridgehead atoms. The SMILES string of the molecule is C[C@H]1[C@H]([Si](C)(C)O)[C@@H](CC(=O)N2Cc3ccccc3C[C@H]2CO)O[C@]12C(=O)N(Cc1ccc(NC(=O)[C@H]3CCCN3)cc1)c1ccc(Cl)cc12. The van der Waals surface area contributed by atoms with Gasteiger partial charge in [0.2, 0.25) is 11.8 Å². The fourth-order valence-electron chi connectivity index (χ4n) is 8.75. The molecule has 1 spiro atoms. The van der Waals surface area contributed by atoms with Gasteiger partial charge in [-0.2, -0.15) is 0 Å². The maximum atomic E-state index is 14.8. The van der Waals surface area contributed by atoms with E-state index in [4.69, 9.17) is 16.3 Å². The second-order valence-electron chi connectivity index (χ2n) is 14.8. The first-order valence-electron chi connectivity index (χ1n) is 17.5. The number of aliphatic hydroxyl groups is 1. The highest BCUT2D eigenvalue weighted by Crippen LogP contribution is 2.60. The number of rotatable bonds is 8. The maximum Gasteiger partial charge on any atom is 0.264 e. The van der Waals surface area contributed by atoms with Crippen molar-refractivity contribution < 1.29 is 29.0 Å². The molecule has 4 aliphatic rings. The zero-order valence-electron chi connectivity index (χ0n) is 28.7. The second-order valence-corrected chi connectivity index (χ2v) is 19.2. The topological polar surface area (TPSA) is 131 Å². The van der Waals surface area contributed by atoms with Crippen LogP contribution in [0.1, 0.15) is 48.4 Å². The molecule has 3 aromatic rings. The Bertz CT molecular complexity index is 1790. The average molecular weight is 717 g/mol. The van der Waals surface area contributed by atoms with Gasteiger partial charge in [-0.15, -0.1) is 0 Å². The highest BCUT2D eigenvalue weighted by molar-refractivity contribution is 6.71. The number of hydrogen-bond donors (Lipinski definition) is 4. The van der Waals surface area contributed by atoms with Crippen molar-refractivity contribution in [2.24, 2.45) is 5.92 Å². The summed E-state index contributed by atoms with van der Waals surface area (Å²) in [6.07, 6.45) is 1.59. The van der Waals surface area contributed by atoms with Gasteiger partial charge < -0.3 is 35.1 Å². The smallest absolute Gasteiger partial charge is 0.264 e. The minimum Gasteiger partial charge on any atom is -0.432 e. The van der Waals surface area contributed by atoms with Crippen LogP contribution >= 0.6 is 11.6 Å². The van der Waals surface area contributed by atoms with Gasteiger partial charge in [0.25, 0.3) is 5.91 Å². The van der Waals surface area contributed by atoms with Crippen LogP contribution in [0.2, 0.25) is 23.7 Å². The van der Waals surface area contributed by atoms with Gasteiger partial charge in [0.1, 0.15) is 0 Å². The summed E-state index contributed by atoms with van der Waals surface area (Å²) in [5.41, 5.74) is 3.12. The van der Waals surface area contributed by atoms with E-state index in [-0.39, 0.29) is 49.4 Å². The van der Waals surface area contributed by atoms with Crippen molar-refractivity contribution in [3.05, 3.63) is 94.0 Å². The summed E-state index contributed by atoms with van der Waals surface area (Å²) in [4.78, 5) is 56.7. The molecule has 0 aromatic heterocycles. The standard InChI is InChI=1S/C38H45ClN4O6Si/c1-23-35(50(2,3)48)33(19-34(45)42-21-26-8-5-4-7-25(26)17-29(42)22-44)49-38(23)30-18-27(39)12-15-32(30)43(37(38)47)20-24-10-13-28(14-11-24)41-36(46)31-9-6-16-40-31/h4-5,7-8,10-15,18,23,29,31,33,35,40,44,48H,6,9,16-17,19-22H2,1-3H3,(H,41,46)/t23-,29-,31+,33+,35-,38+/m0/s1. The molecule has 3 amide bonds. The highest BCUT2D eigenvalue weighted by Gasteiger charge is 2.66. The lowest BCUT2D eigenvalue weighted by Gasteiger charge is -2.37. The number of fused-ring (bicyclic) bond motifs is 3. The first kappa shape index (κ1) is 34.8. The molecule has 50 heavy (non-hydrogen) atoms. The fraction of sp³-hybridized carbons (Fsp3) is 0.447. The number of hydrogen-bond acceptors (Lipinski definition) is 7. The molecule has 12 heteroatoms. The lowest BCUT2D eigenvalue weighted by molar-refractivity contribution is -0.151. The van der Waals surface area contributed by atoms with Crippen molar-refractivity contribution in [2.45, 2.75) is 88.1 Å². The average Bonchev–Trinajstić information content (AvgIpc) is 3.79. The summed E-state index contributed by atoms with van der Waals surface area (Å²) >= 11 is 6.57. The summed E-state index contributed by atoms with van der Waals surface area (Å²) in [6, 6.07) is 20.2. The monoisotopic (exact) mass is 716 g/mol. The minimum atomic E-state index is -3.02. The van der Waals surface area contributed by atoms with Crippen LogP contribution in [0.5, 0.6) is 0 Å². The third-order valence-corrected chi connectivity index (χ3v) is 13.9. The molecule has 7 rings (SSSR count). The molecule has 6 atom stereocenters. The predicted molar refractivity (Wildman–Crippen MR) is 194 cm³/mol. The predicted octanol–water partition coefficient (Wildman–Crippen LogP) is 4.71. The van der Waals surface area contributed by atoms with Crippen molar-refractivity contribution in [1.29, 1.82) is 0 Å². The first-order chi connectivity index (χ1) is 23.9. The minimum absolute atomic E-state index is 0.0286. The van der Waals surface area contributed by atoms with Crippen molar-refractivity contribution in [3.63, 3.8) is 0 Å². The molecule has 4 N–H and O–H groups in total. The van der Waals surface area contributed by atoms with Crippen LogP contribution in [0.3, 0.4) is 0 Å². The van der Waals surface area contributed by atoms with E-state index in [1.807, 2.05) is 74.6 Å². The number of nitrogens with one attached hydrogen (secondary N) is 2. The number of carbonyl (C=O) groups is 3. The fourth-order valence-corrected chi connectivity index (χ4v) is 11.5. The third-order valence-electron chi connectivity index (χ3n) is 11.1. The Morgan fingerprint density at radius 1 is 1.10 bits per heavy atom. The molecule has 0 aliphatic carbocycles. The van der Waals surface area contributed by atoms with Crippen molar-refractivity contribution >= 4 is 49.0 Å². The number of carbonyl (C=O) groups excluding carboxylic acids is 3. The van der Waals surface area contributed by atoms with Crippen LogP contribution in [0, 0.1) is 5.92 Å². The molecule has 2 saturated heterocycles. The molecule has 3 aromatic carbocycles. The van der Waals surface area contributed by atoms with Gasteiger partial charge in [0, 0.05) is 34.3 Å². The van der Waals surface area contributed by atoms with Crippen molar-refractivity contribution in [3.8, 4) is 0 Å². The molecule has 4 heterocycles. The summed E-state index contributed by atoms with van der Waals surface area (Å²) in [5, 5.41) is 16.9. The van der Waals surface area contributed by atoms with Crippen LogP contribution in [-0.2, 0) is 44.2 Å². The van der Waals surface area contributed by atoms with Gasteiger partial charge in [-0.1, -0.05) is 54.9 Å². The Labute approximate surface area is 298 Å². The molecular weight excluding hydrogens is 672 g/mol. The maximum absolute atomic E-state index is 14.8. The Morgan fingerprint density at radius 3 is 2.52 bits per heavy atom. The van der Waals surface area contributed by atoms with E-state index in [1.54, 1.807) is 21.9 Å². The van der Waals surface area contributed by atoms with E-state index in [9.17, 15) is 24.3 Å². The van der Waals surface area contributed by atoms with Crippen LogP contribution in [0.4, 0.5) is 11.4 Å². The number of aliphatic hydroxyl groups excluding tert-OH is 1. The van der Waals surface area contributed by atoms with Crippen molar-refractivity contribution in [2.75, 3.05) is 23.4 Å². The van der Waals surface area contributed by atoms with Crippen molar-refractivity contribution in [1.82, 2.24) is 10.2 Å². The number of amides is 3. The molecule has 0 saturated carbocycles. The molecule has 0 unspecified atom stereocenters. The van der Waals surface area contributed by atoms with Crippen LogP contribution in [-0.4, -0.2) is 72.2 Å². The van der Waals surface area contributed by atoms with Crippen LogP contribution < -0.4 is 15.5 Å². The zero-order chi connectivity index (χ0) is 35.4. The Morgan fingerprint density at radius 2 is 1.84 bits per heavy atom. The van der Waals surface area contributed by atoms with E-state index in [0.717, 1.165) is 36.1 Å². The lowest BCUT2D eigenvalue weighted by Crippen LogP contribution is -2.48. The molecule has 264 valence electrons. The zero-order valence-corrected chi connectivity index (χ0v) is 30.5. The van der Waals surface area contributed by atoms with Gasteiger partial charge in [-0.05, 0) is 85.9 Å². The summed E-state index contributed by atoms with van der Waals surface area (Å²) in [7, 11) is -3.02. The number of benzene rings is 3. The molecule has 0 radical (unpaired) electrons. The number of nitrogens with zero attached hydrogens (tertiary/aromatic N) is 2. The van der Waals surface area contributed by atoms with E-state index in [0.29, 0.717) is 34.9 Å². The van der Waals surface area contributed by atoms with E-state index in [1.165, 1.54) is 0 Å². The van der Waals surface area contributed by atoms with E-state index < -0.39 is 31.5 Å². The normalized spacial score (nSPS) is 27.5. The Kier molecular flexibility index (Phi) is 9.42. The molecular formula is C38H45ClN4O6Si. The Hall–Kier alpha value is -3.58. The highest BCUT2D eigenvalue weighted by atomic mass is 35.5. The molecule has 10 nitrogen and oxygen atoms in total. The van der Waals surface area contributed by atoms with Gasteiger partial charge in [0.15, 0.2) is 13.9 Å². The lowest BCUT2D eigenvalue weighted by atomic mass is 9.82.